The maximum Gasteiger partial charge on any atom is 0.230 e. The van der Waals surface area contributed by atoms with E-state index in [2.05, 4.69) is 20.3 Å². The summed E-state index contributed by atoms with van der Waals surface area (Å²) >= 11 is 1.24. The minimum Gasteiger partial charge on any atom is -0.326 e. The second-order valence-corrected chi connectivity index (χ2v) is 7.61. The molecule has 0 aliphatic rings. The molecule has 1 aromatic carbocycles. The quantitative estimate of drug-likeness (QED) is 0.717. The number of anilines is 3. The van der Waals surface area contributed by atoms with Gasteiger partial charge in [-0.2, -0.15) is 0 Å². The zero-order chi connectivity index (χ0) is 17.7. The molecule has 2 amide bonds. The molecule has 3 N–H and O–H groups in total. The van der Waals surface area contributed by atoms with Crippen molar-refractivity contribution in [3.63, 3.8) is 0 Å². The fourth-order valence-electron chi connectivity index (χ4n) is 1.84. The third-order valence-corrected chi connectivity index (χ3v) is 4.04. The number of nitrogens with zero attached hydrogens (tertiary/aromatic N) is 1. The zero-order valence-electron chi connectivity index (χ0n) is 13.0. The molecule has 0 unspecified atom stereocenters. The standard InChI is InChI=1S/C14H16N4O4S2/c1-9(19)15-14-17-12(8-23-14)7-13(20)16-10-4-3-5-11(6-10)18-24(2,21)22/h3-6,8,18H,7H2,1-2H3,(H,16,20)(H,15,17,19). The van der Waals surface area contributed by atoms with Crippen LogP contribution in [0.3, 0.4) is 0 Å². The highest BCUT2D eigenvalue weighted by Crippen LogP contribution is 2.18. The van der Waals surface area contributed by atoms with Crippen molar-refractivity contribution in [1.29, 1.82) is 0 Å². The van der Waals surface area contributed by atoms with Crippen LogP contribution in [0.5, 0.6) is 0 Å². The number of hydrogen-bond acceptors (Lipinski definition) is 6. The van der Waals surface area contributed by atoms with Crippen LogP contribution in [0.4, 0.5) is 16.5 Å². The normalized spacial score (nSPS) is 10.9. The Kier molecular flexibility index (Phi) is 5.52. The Balaban J connectivity index is 1.98. The molecule has 0 saturated carbocycles. The van der Waals surface area contributed by atoms with E-state index in [4.69, 9.17) is 0 Å². The predicted octanol–water partition coefficient (Wildman–Crippen LogP) is 1.65. The number of thiazole rings is 1. The highest BCUT2D eigenvalue weighted by Gasteiger charge is 2.10. The van der Waals surface area contributed by atoms with Crippen molar-refractivity contribution in [2.24, 2.45) is 0 Å². The molecule has 24 heavy (non-hydrogen) atoms. The lowest BCUT2D eigenvalue weighted by Gasteiger charge is -2.08. The summed E-state index contributed by atoms with van der Waals surface area (Å²) in [6.07, 6.45) is 1.09. The van der Waals surface area contributed by atoms with E-state index in [0.717, 1.165) is 6.26 Å². The van der Waals surface area contributed by atoms with Gasteiger partial charge in [-0.3, -0.25) is 14.3 Å². The van der Waals surface area contributed by atoms with Gasteiger partial charge in [0.2, 0.25) is 21.8 Å². The molecule has 0 radical (unpaired) electrons. The first kappa shape index (κ1) is 17.9. The second kappa shape index (κ2) is 7.41. The van der Waals surface area contributed by atoms with Gasteiger partial charge in [-0.1, -0.05) is 6.07 Å². The van der Waals surface area contributed by atoms with Crippen LogP contribution in [-0.2, 0) is 26.0 Å². The Labute approximate surface area is 143 Å². The minimum absolute atomic E-state index is 0.0415. The van der Waals surface area contributed by atoms with Crippen LogP contribution >= 0.6 is 11.3 Å². The van der Waals surface area contributed by atoms with Gasteiger partial charge < -0.3 is 10.6 Å². The Hall–Kier alpha value is -2.46. The van der Waals surface area contributed by atoms with Crippen LogP contribution in [0.15, 0.2) is 29.6 Å². The molecule has 0 aliphatic carbocycles. The summed E-state index contributed by atoms with van der Waals surface area (Å²) in [4.78, 5) is 27.1. The number of rotatable bonds is 6. The average molecular weight is 368 g/mol. The van der Waals surface area contributed by atoms with Crippen LogP contribution < -0.4 is 15.4 Å². The van der Waals surface area contributed by atoms with Gasteiger partial charge in [-0.15, -0.1) is 11.3 Å². The van der Waals surface area contributed by atoms with E-state index in [0.29, 0.717) is 22.2 Å². The van der Waals surface area contributed by atoms with Crippen LogP contribution in [0.2, 0.25) is 0 Å². The van der Waals surface area contributed by atoms with Crippen LogP contribution in [-0.4, -0.2) is 31.5 Å². The number of hydrogen-bond donors (Lipinski definition) is 3. The lowest BCUT2D eigenvalue weighted by atomic mass is 10.2. The monoisotopic (exact) mass is 368 g/mol. The van der Waals surface area contributed by atoms with Crippen LogP contribution in [0.25, 0.3) is 0 Å². The van der Waals surface area contributed by atoms with Crippen molar-refractivity contribution in [3.8, 4) is 0 Å². The van der Waals surface area contributed by atoms with Gasteiger partial charge in [0.1, 0.15) is 0 Å². The molecular formula is C14H16N4O4S2. The molecule has 128 valence electrons. The number of sulfonamides is 1. The van der Waals surface area contributed by atoms with E-state index in [1.807, 2.05) is 0 Å². The fraction of sp³-hybridized carbons (Fsp3) is 0.214. The summed E-state index contributed by atoms with van der Waals surface area (Å²) in [5.74, 6) is -0.526. The van der Waals surface area contributed by atoms with Crippen molar-refractivity contribution in [1.82, 2.24) is 4.98 Å². The highest BCUT2D eigenvalue weighted by molar-refractivity contribution is 7.92. The molecule has 2 aromatic rings. The minimum atomic E-state index is -3.38. The lowest BCUT2D eigenvalue weighted by molar-refractivity contribution is -0.116. The fourth-order valence-corrected chi connectivity index (χ4v) is 3.15. The molecule has 8 nitrogen and oxygen atoms in total. The van der Waals surface area contributed by atoms with Gasteiger partial charge in [0.15, 0.2) is 5.13 Å². The molecule has 0 atom stereocenters. The van der Waals surface area contributed by atoms with E-state index in [1.165, 1.54) is 24.3 Å². The average Bonchev–Trinajstić information content (AvgIpc) is 2.83. The molecule has 10 heteroatoms. The van der Waals surface area contributed by atoms with Crippen molar-refractivity contribution in [2.75, 3.05) is 21.6 Å². The van der Waals surface area contributed by atoms with Gasteiger partial charge >= 0.3 is 0 Å². The Morgan fingerprint density at radius 3 is 2.58 bits per heavy atom. The maximum absolute atomic E-state index is 12.0. The van der Waals surface area contributed by atoms with Crippen molar-refractivity contribution >= 4 is 49.7 Å². The molecule has 1 aromatic heterocycles. The van der Waals surface area contributed by atoms with Gasteiger partial charge in [0.25, 0.3) is 0 Å². The summed E-state index contributed by atoms with van der Waals surface area (Å²) in [5.41, 5.74) is 1.36. The van der Waals surface area contributed by atoms with E-state index >= 15 is 0 Å². The third kappa shape index (κ3) is 5.97. The first-order chi connectivity index (χ1) is 11.2. The topological polar surface area (TPSA) is 117 Å². The summed E-state index contributed by atoms with van der Waals surface area (Å²) < 4.78 is 24.8. The number of carbonyl (C=O) groups excluding carboxylic acids is 2. The summed E-state index contributed by atoms with van der Waals surface area (Å²) in [7, 11) is -3.38. The molecule has 0 fully saturated rings. The van der Waals surface area contributed by atoms with E-state index < -0.39 is 10.0 Å². The van der Waals surface area contributed by atoms with Crippen molar-refractivity contribution in [3.05, 3.63) is 35.3 Å². The number of carbonyl (C=O) groups is 2. The molecule has 0 aliphatic heterocycles. The number of aromatic nitrogens is 1. The van der Waals surface area contributed by atoms with Crippen molar-refractivity contribution in [2.45, 2.75) is 13.3 Å². The molecule has 1 heterocycles. The first-order valence-corrected chi connectivity index (χ1v) is 9.58. The largest absolute Gasteiger partial charge is 0.326 e. The van der Waals surface area contributed by atoms with Gasteiger partial charge in [-0.25, -0.2) is 13.4 Å². The zero-order valence-corrected chi connectivity index (χ0v) is 14.6. The SMILES string of the molecule is CC(=O)Nc1nc(CC(=O)Nc2cccc(NS(C)(=O)=O)c2)cs1. The Morgan fingerprint density at radius 2 is 1.92 bits per heavy atom. The molecular weight excluding hydrogens is 352 g/mol. The predicted molar refractivity (Wildman–Crippen MR) is 93.7 cm³/mol. The number of amides is 2. The van der Waals surface area contributed by atoms with Gasteiger partial charge in [-0.05, 0) is 18.2 Å². The van der Waals surface area contributed by atoms with E-state index in [-0.39, 0.29) is 18.2 Å². The molecule has 0 spiro atoms. The summed E-state index contributed by atoms with van der Waals surface area (Å²) in [6.45, 7) is 1.38. The highest BCUT2D eigenvalue weighted by atomic mass is 32.2. The van der Waals surface area contributed by atoms with Gasteiger partial charge in [0, 0.05) is 18.0 Å². The van der Waals surface area contributed by atoms with Crippen LogP contribution in [0, 0.1) is 0 Å². The summed E-state index contributed by atoms with van der Waals surface area (Å²) in [6, 6.07) is 6.37. The van der Waals surface area contributed by atoms with Crippen LogP contribution in [0.1, 0.15) is 12.6 Å². The van der Waals surface area contributed by atoms with Crippen molar-refractivity contribution < 1.29 is 18.0 Å². The Morgan fingerprint density at radius 1 is 1.21 bits per heavy atom. The maximum atomic E-state index is 12.0. The molecule has 2 rings (SSSR count). The second-order valence-electron chi connectivity index (χ2n) is 5.01. The summed E-state index contributed by atoms with van der Waals surface area (Å²) in [5, 5.41) is 7.34. The molecule has 0 bridgehead atoms. The third-order valence-electron chi connectivity index (χ3n) is 2.63. The lowest BCUT2D eigenvalue weighted by Crippen LogP contribution is -2.15. The first-order valence-electron chi connectivity index (χ1n) is 6.81. The number of benzene rings is 1. The Bertz CT molecular complexity index is 861. The smallest absolute Gasteiger partial charge is 0.230 e. The van der Waals surface area contributed by atoms with Gasteiger partial charge in [0.05, 0.1) is 24.1 Å². The van der Waals surface area contributed by atoms with E-state index in [9.17, 15) is 18.0 Å². The van der Waals surface area contributed by atoms with E-state index in [1.54, 1.807) is 23.6 Å². The number of nitrogens with one attached hydrogen (secondary N) is 3. The molecule has 0 saturated heterocycles.